The number of rotatable bonds is 4. The van der Waals surface area contributed by atoms with Gasteiger partial charge in [0.15, 0.2) is 0 Å². The predicted octanol–water partition coefficient (Wildman–Crippen LogP) is 2.25. The minimum Gasteiger partial charge on any atom is -0.464 e. The molecule has 0 unspecified atom stereocenters. The molecular weight excluding hydrogens is 246 g/mol. The third kappa shape index (κ3) is 2.87. The molecule has 4 nitrogen and oxygen atoms in total. The summed E-state index contributed by atoms with van der Waals surface area (Å²) in [6.07, 6.45) is 1.70. The van der Waals surface area contributed by atoms with Gasteiger partial charge in [-0.15, -0.1) is 0 Å². The summed E-state index contributed by atoms with van der Waals surface area (Å²) < 4.78 is 5.55. The maximum absolute atomic E-state index is 5.57. The molecule has 0 amide bonds. The van der Waals surface area contributed by atoms with Crippen LogP contribution >= 0.6 is 12.2 Å². The second kappa shape index (κ2) is 5.18. The summed E-state index contributed by atoms with van der Waals surface area (Å²) in [5, 5.41) is 0. The second-order valence-corrected chi connectivity index (χ2v) is 4.57. The Bertz CT molecular complexity index is 565. The highest BCUT2D eigenvalue weighted by atomic mass is 32.1. The van der Waals surface area contributed by atoms with Crippen molar-refractivity contribution in [3.63, 3.8) is 0 Å². The van der Waals surface area contributed by atoms with Crippen molar-refractivity contribution in [3.05, 3.63) is 47.7 Å². The van der Waals surface area contributed by atoms with Crippen LogP contribution in [0.15, 0.2) is 34.9 Å². The maximum Gasteiger partial charge on any atom is 0.123 e. The molecule has 0 bridgehead atoms. The van der Waals surface area contributed by atoms with Crippen LogP contribution in [0.3, 0.4) is 0 Å². The molecule has 2 N–H and O–H groups in total. The summed E-state index contributed by atoms with van der Waals surface area (Å²) >= 11 is 4.92. The number of furan rings is 1. The Morgan fingerprint density at radius 3 is 2.83 bits per heavy atom. The van der Waals surface area contributed by atoms with Gasteiger partial charge in [-0.1, -0.05) is 12.2 Å². The van der Waals surface area contributed by atoms with Crippen LogP contribution in [0.5, 0.6) is 0 Å². The number of nitrogens with zero attached hydrogens (tertiary/aromatic N) is 2. The molecular formula is C13H15N3OS. The van der Waals surface area contributed by atoms with E-state index in [-0.39, 0.29) is 0 Å². The standard InChI is InChI=1S/C13H15N3OS/c1-9-3-4-11(17-9)8-16(2)10-5-6-15-12(7-10)13(14)18/h3-7H,8H2,1-2H3,(H2,14,18). The Balaban J connectivity index is 2.15. The smallest absolute Gasteiger partial charge is 0.123 e. The number of aryl methyl sites for hydroxylation is 1. The molecule has 0 aromatic carbocycles. The van der Waals surface area contributed by atoms with E-state index in [1.807, 2.05) is 38.2 Å². The second-order valence-electron chi connectivity index (χ2n) is 4.13. The number of thiocarbonyl (C=S) groups is 1. The minimum absolute atomic E-state index is 0.305. The molecule has 2 aromatic heterocycles. The quantitative estimate of drug-likeness (QED) is 0.855. The van der Waals surface area contributed by atoms with E-state index in [2.05, 4.69) is 9.88 Å². The fourth-order valence-corrected chi connectivity index (χ4v) is 1.80. The first-order valence-corrected chi connectivity index (χ1v) is 5.99. The average Bonchev–Trinajstić information content (AvgIpc) is 2.75. The van der Waals surface area contributed by atoms with Gasteiger partial charge in [0.25, 0.3) is 0 Å². The van der Waals surface area contributed by atoms with Crippen LogP contribution in [0, 0.1) is 6.92 Å². The lowest BCUT2D eigenvalue weighted by Crippen LogP contribution is -2.18. The molecule has 18 heavy (non-hydrogen) atoms. The van der Waals surface area contributed by atoms with Gasteiger partial charge in [0.2, 0.25) is 0 Å². The van der Waals surface area contributed by atoms with Crippen LogP contribution in [0.25, 0.3) is 0 Å². The molecule has 0 radical (unpaired) electrons. The lowest BCUT2D eigenvalue weighted by Gasteiger charge is -2.18. The van der Waals surface area contributed by atoms with Gasteiger partial charge in [-0.3, -0.25) is 4.98 Å². The average molecular weight is 261 g/mol. The Morgan fingerprint density at radius 2 is 2.22 bits per heavy atom. The van der Waals surface area contributed by atoms with Crippen molar-refractivity contribution in [3.8, 4) is 0 Å². The molecule has 0 saturated heterocycles. The summed E-state index contributed by atoms with van der Waals surface area (Å²) in [6.45, 7) is 2.62. The minimum atomic E-state index is 0.305. The van der Waals surface area contributed by atoms with Gasteiger partial charge in [-0.2, -0.15) is 0 Å². The Labute approximate surface area is 111 Å². The Morgan fingerprint density at radius 1 is 1.44 bits per heavy atom. The molecule has 0 fully saturated rings. The first-order valence-electron chi connectivity index (χ1n) is 5.58. The SMILES string of the molecule is Cc1ccc(CN(C)c2ccnc(C(N)=S)c2)o1. The van der Waals surface area contributed by atoms with E-state index >= 15 is 0 Å². The van der Waals surface area contributed by atoms with E-state index in [4.69, 9.17) is 22.4 Å². The summed E-state index contributed by atoms with van der Waals surface area (Å²) in [4.78, 5) is 6.48. The fraction of sp³-hybridized carbons (Fsp3) is 0.231. The van der Waals surface area contributed by atoms with Gasteiger partial charge < -0.3 is 15.1 Å². The molecule has 5 heteroatoms. The van der Waals surface area contributed by atoms with Crippen molar-refractivity contribution in [1.82, 2.24) is 4.98 Å². The van der Waals surface area contributed by atoms with Crippen LogP contribution in [0.4, 0.5) is 5.69 Å². The summed E-state index contributed by atoms with van der Waals surface area (Å²) in [7, 11) is 1.98. The van der Waals surface area contributed by atoms with Gasteiger partial charge in [-0.05, 0) is 31.2 Å². The van der Waals surface area contributed by atoms with Crippen molar-refractivity contribution in [2.45, 2.75) is 13.5 Å². The zero-order chi connectivity index (χ0) is 13.1. The molecule has 2 rings (SSSR count). The Hall–Kier alpha value is -1.88. The topological polar surface area (TPSA) is 55.3 Å². The predicted molar refractivity (Wildman–Crippen MR) is 75.7 cm³/mol. The van der Waals surface area contributed by atoms with Crippen molar-refractivity contribution in [2.24, 2.45) is 5.73 Å². The van der Waals surface area contributed by atoms with Crippen LogP contribution in [-0.2, 0) is 6.54 Å². The zero-order valence-electron chi connectivity index (χ0n) is 10.4. The molecule has 0 aliphatic rings. The molecule has 0 spiro atoms. The normalized spacial score (nSPS) is 10.3. The number of anilines is 1. The van der Waals surface area contributed by atoms with E-state index in [0.29, 0.717) is 17.2 Å². The molecule has 2 heterocycles. The third-order valence-electron chi connectivity index (χ3n) is 2.63. The highest BCUT2D eigenvalue weighted by Gasteiger charge is 2.07. The first-order chi connectivity index (χ1) is 8.56. The van der Waals surface area contributed by atoms with Crippen LogP contribution in [0.1, 0.15) is 17.2 Å². The van der Waals surface area contributed by atoms with Crippen LogP contribution in [-0.4, -0.2) is 17.0 Å². The third-order valence-corrected chi connectivity index (χ3v) is 2.83. The monoisotopic (exact) mass is 261 g/mol. The molecule has 94 valence electrons. The molecule has 0 saturated carbocycles. The van der Waals surface area contributed by atoms with Crippen LogP contribution in [0.2, 0.25) is 0 Å². The van der Waals surface area contributed by atoms with Gasteiger partial charge >= 0.3 is 0 Å². The van der Waals surface area contributed by atoms with E-state index in [1.165, 1.54) is 0 Å². The summed E-state index contributed by atoms with van der Waals surface area (Å²) in [5.74, 6) is 1.83. The number of hydrogen-bond donors (Lipinski definition) is 1. The van der Waals surface area contributed by atoms with Crippen molar-refractivity contribution in [1.29, 1.82) is 0 Å². The van der Waals surface area contributed by atoms with Gasteiger partial charge in [0.1, 0.15) is 16.5 Å². The van der Waals surface area contributed by atoms with Gasteiger partial charge in [0, 0.05) is 18.9 Å². The fourth-order valence-electron chi connectivity index (χ4n) is 1.69. The maximum atomic E-state index is 5.57. The van der Waals surface area contributed by atoms with Gasteiger partial charge in [0.05, 0.1) is 12.2 Å². The lowest BCUT2D eigenvalue weighted by molar-refractivity contribution is 0.482. The van der Waals surface area contributed by atoms with E-state index in [0.717, 1.165) is 17.2 Å². The number of hydrogen-bond acceptors (Lipinski definition) is 4. The summed E-state index contributed by atoms with van der Waals surface area (Å²) in [5.41, 5.74) is 7.20. The number of pyridine rings is 1. The Kier molecular flexibility index (Phi) is 3.62. The molecule has 0 atom stereocenters. The van der Waals surface area contributed by atoms with E-state index < -0.39 is 0 Å². The van der Waals surface area contributed by atoms with Crippen molar-refractivity contribution >= 4 is 22.9 Å². The van der Waals surface area contributed by atoms with Crippen molar-refractivity contribution < 1.29 is 4.42 Å². The summed E-state index contributed by atoms with van der Waals surface area (Å²) in [6, 6.07) is 7.72. The number of aromatic nitrogens is 1. The van der Waals surface area contributed by atoms with E-state index in [9.17, 15) is 0 Å². The van der Waals surface area contributed by atoms with Crippen LogP contribution < -0.4 is 10.6 Å². The largest absolute Gasteiger partial charge is 0.464 e. The highest BCUT2D eigenvalue weighted by molar-refractivity contribution is 7.80. The first kappa shape index (κ1) is 12.6. The highest BCUT2D eigenvalue weighted by Crippen LogP contribution is 2.17. The molecule has 0 aliphatic carbocycles. The molecule has 0 aliphatic heterocycles. The van der Waals surface area contributed by atoms with Gasteiger partial charge in [-0.25, -0.2) is 0 Å². The lowest BCUT2D eigenvalue weighted by atomic mass is 10.3. The van der Waals surface area contributed by atoms with Crippen molar-refractivity contribution in [2.75, 3.05) is 11.9 Å². The zero-order valence-corrected chi connectivity index (χ0v) is 11.2. The molecule has 2 aromatic rings. The van der Waals surface area contributed by atoms with E-state index in [1.54, 1.807) is 6.20 Å². The number of nitrogens with two attached hydrogens (primary N) is 1.